The maximum Gasteiger partial charge on any atom is 0.246 e. The highest BCUT2D eigenvalue weighted by Crippen LogP contribution is 2.20. The molecule has 0 fully saturated rings. The van der Waals surface area contributed by atoms with E-state index in [9.17, 15) is 12.8 Å². The molecule has 0 amide bonds. The van der Waals surface area contributed by atoms with Crippen LogP contribution in [-0.4, -0.2) is 46.1 Å². The summed E-state index contributed by atoms with van der Waals surface area (Å²) >= 11 is 0. The van der Waals surface area contributed by atoms with Crippen molar-refractivity contribution in [2.24, 2.45) is 0 Å². The Hall–Kier alpha value is -1.02. The molecular formula is C14H23FN2O3S. The number of methoxy groups -OCH3 is 1. The van der Waals surface area contributed by atoms with E-state index in [0.717, 1.165) is 6.54 Å². The van der Waals surface area contributed by atoms with Crippen molar-refractivity contribution in [2.75, 3.05) is 33.4 Å². The second kappa shape index (κ2) is 8.43. The van der Waals surface area contributed by atoms with E-state index in [0.29, 0.717) is 12.1 Å². The number of sulfonamides is 1. The van der Waals surface area contributed by atoms with Gasteiger partial charge in [0, 0.05) is 26.7 Å². The van der Waals surface area contributed by atoms with Crippen LogP contribution >= 0.6 is 0 Å². The zero-order valence-corrected chi connectivity index (χ0v) is 13.5. The summed E-state index contributed by atoms with van der Waals surface area (Å²) in [7, 11) is -2.34. The number of ether oxygens (including phenoxy) is 1. The van der Waals surface area contributed by atoms with Crippen molar-refractivity contribution in [2.45, 2.75) is 25.3 Å². The maximum atomic E-state index is 14.1. The molecule has 7 heteroatoms. The van der Waals surface area contributed by atoms with Crippen LogP contribution in [0.4, 0.5) is 4.39 Å². The minimum Gasteiger partial charge on any atom is -0.383 e. The van der Waals surface area contributed by atoms with Crippen LogP contribution in [0.3, 0.4) is 0 Å². The number of nitrogens with zero attached hydrogens (tertiary/aromatic N) is 1. The number of hydrogen-bond acceptors (Lipinski definition) is 4. The fourth-order valence-electron chi connectivity index (χ4n) is 1.91. The van der Waals surface area contributed by atoms with Gasteiger partial charge in [-0.2, -0.15) is 4.31 Å². The van der Waals surface area contributed by atoms with E-state index < -0.39 is 15.8 Å². The Morgan fingerprint density at radius 2 is 2.05 bits per heavy atom. The van der Waals surface area contributed by atoms with E-state index in [1.54, 1.807) is 13.0 Å². The fraction of sp³-hybridized carbons (Fsp3) is 0.571. The molecule has 0 radical (unpaired) electrons. The smallest absolute Gasteiger partial charge is 0.246 e. The average molecular weight is 318 g/mol. The zero-order chi connectivity index (χ0) is 15.9. The lowest BCUT2D eigenvalue weighted by Crippen LogP contribution is -2.34. The molecule has 21 heavy (non-hydrogen) atoms. The van der Waals surface area contributed by atoms with Crippen LogP contribution in [0.2, 0.25) is 0 Å². The van der Waals surface area contributed by atoms with Crippen molar-refractivity contribution in [3.63, 3.8) is 0 Å². The third kappa shape index (κ3) is 4.74. The summed E-state index contributed by atoms with van der Waals surface area (Å²) in [5, 5.41) is 3.07. The Morgan fingerprint density at radius 3 is 2.57 bits per heavy atom. The largest absolute Gasteiger partial charge is 0.383 e. The highest BCUT2D eigenvalue weighted by molar-refractivity contribution is 7.89. The highest BCUT2D eigenvalue weighted by atomic mass is 32.2. The molecule has 0 aliphatic rings. The molecule has 0 aliphatic heterocycles. The van der Waals surface area contributed by atoms with Crippen molar-refractivity contribution >= 4 is 10.0 Å². The van der Waals surface area contributed by atoms with Gasteiger partial charge in [-0.3, -0.25) is 0 Å². The van der Waals surface area contributed by atoms with Gasteiger partial charge in [0.2, 0.25) is 10.0 Å². The Kier molecular flexibility index (Phi) is 7.24. The molecule has 0 saturated heterocycles. The molecule has 0 heterocycles. The van der Waals surface area contributed by atoms with Gasteiger partial charge < -0.3 is 10.1 Å². The lowest BCUT2D eigenvalue weighted by molar-refractivity contribution is 0.180. The number of halogens is 1. The van der Waals surface area contributed by atoms with Crippen LogP contribution in [-0.2, 0) is 21.3 Å². The standard InChI is InChI=1S/C14H23FN2O3S/c1-4-16-11-12-6-7-14(13(15)10-12)21(18,19)17(5-2)8-9-20-3/h6-7,10,16H,4-5,8-9,11H2,1-3H3. The summed E-state index contributed by atoms with van der Waals surface area (Å²) in [6, 6.07) is 4.22. The average Bonchev–Trinajstić information content (AvgIpc) is 2.45. The molecule has 0 aromatic heterocycles. The third-order valence-electron chi connectivity index (χ3n) is 3.09. The van der Waals surface area contributed by atoms with Crippen LogP contribution in [0, 0.1) is 5.82 Å². The zero-order valence-electron chi connectivity index (χ0n) is 12.7. The molecular weight excluding hydrogens is 295 g/mol. The Labute approximate surface area is 126 Å². The van der Waals surface area contributed by atoms with Crippen molar-refractivity contribution in [3.8, 4) is 0 Å². The topological polar surface area (TPSA) is 58.6 Å². The van der Waals surface area contributed by atoms with Crippen LogP contribution in [0.15, 0.2) is 23.1 Å². The van der Waals surface area contributed by atoms with Crippen molar-refractivity contribution in [1.29, 1.82) is 0 Å². The molecule has 1 N–H and O–H groups in total. The van der Waals surface area contributed by atoms with Crippen LogP contribution in [0.1, 0.15) is 19.4 Å². The van der Waals surface area contributed by atoms with Gasteiger partial charge in [-0.1, -0.05) is 19.9 Å². The fourth-order valence-corrected chi connectivity index (χ4v) is 3.39. The minimum atomic E-state index is -3.83. The van der Waals surface area contributed by atoms with Crippen LogP contribution in [0.5, 0.6) is 0 Å². The Bertz CT molecular complexity index is 549. The summed E-state index contributed by atoms with van der Waals surface area (Å²) in [5.41, 5.74) is 0.716. The van der Waals surface area contributed by atoms with Gasteiger partial charge >= 0.3 is 0 Å². The molecule has 1 aromatic rings. The normalized spacial score (nSPS) is 12.0. The van der Waals surface area contributed by atoms with Crippen molar-refractivity contribution in [3.05, 3.63) is 29.6 Å². The first-order chi connectivity index (χ1) is 9.97. The van der Waals surface area contributed by atoms with E-state index in [4.69, 9.17) is 4.74 Å². The number of hydrogen-bond donors (Lipinski definition) is 1. The number of benzene rings is 1. The minimum absolute atomic E-state index is 0.202. The van der Waals surface area contributed by atoms with Crippen LogP contribution in [0.25, 0.3) is 0 Å². The molecule has 1 rings (SSSR count). The molecule has 1 aromatic carbocycles. The molecule has 0 aliphatic carbocycles. The SMILES string of the molecule is CCNCc1ccc(S(=O)(=O)N(CC)CCOC)c(F)c1. The summed E-state index contributed by atoms with van der Waals surface area (Å²) in [5.74, 6) is -0.721. The van der Waals surface area contributed by atoms with E-state index in [-0.39, 0.29) is 24.6 Å². The van der Waals surface area contributed by atoms with Crippen LogP contribution < -0.4 is 5.32 Å². The van der Waals surface area contributed by atoms with Gasteiger partial charge in [-0.25, -0.2) is 12.8 Å². The summed E-state index contributed by atoms with van der Waals surface area (Å²) in [6.07, 6.45) is 0. The van der Waals surface area contributed by atoms with Crippen molar-refractivity contribution in [1.82, 2.24) is 9.62 Å². The summed E-state index contributed by atoms with van der Waals surface area (Å²) in [6.45, 7) is 5.68. The highest BCUT2D eigenvalue weighted by Gasteiger charge is 2.26. The first-order valence-corrected chi connectivity index (χ1v) is 8.39. The second-order valence-corrected chi connectivity index (χ2v) is 6.44. The van der Waals surface area contributed by atoms with E-state index in [1.807, 2.05) is 6.92 Å². The lowest BCUT2D eigenvalue weighted by atomic mass is 10.2. The second-order valence-electron chi connectivity index (χ2n) is 4.53. The van der Waals surface area contributed by atoms with Gasteiger partial charge in [0.1, 0.15) is 10.7 Å². The quantitative estimate of drug-likeness (QED) is 0.751. The van der Waals surface area contributed by atoms with E-state index in [1.165, 1.54) is 23.5 Å². The van der Waals surface area contributed by atoms with Gasteiger partial charge in [-0.05, 0) is 24.2 Å². The maximum absolute atomic E-state index is 14.1. The first kappa shape index (κ1) is 18.0. The van der Waals surface area contributed by atoms with Gasteiger partial charge in [0.15, 0.2) is 0 Å². The summed E-state index contributed by atoms with van der Waals surface area (Å²) < 4.78 is 45.1. The monoisotopic (exact) mass is 318 g/mol. The van der Waals surface area contributed by atoms with E-state index >= 15 is 0 Å². The number of nitrogens with one attached hydrogen (secondary N) is 1. The Balaban J connectivity index is 3.01. The predicted molar refractivity (Wildman–Crippen MR) is 80.1 cm³/mol. The molecule has 5 nitrogen and oxygen atoms in total. The van der Waals surface area contributed by atoms with Gasteiger partial charge in [0.05, 0.1) is 6.61 Å². The molecule has 0 unspecified atom stereocenters. The predicted octanol–water partition coefficient (Wildman–Crippen LogP) is 1.59. The van der Waals surface area contributed by atoms with Gasteiger partial charge in [-0.15, -0.1) is 0 Å². The summed E-state index contributed by atoms with van der Waals surface area (Å²) in [4.78, 5) is -0.291. The molecule has 0 saturated carbocycles. The third-order valence-corrected chi connectivity index (χ3v) is 5.10. The molecule has 0 spiro atoms. The first-order valence-electron chi connectivity index (χ1n) is 6.95. The molecule has 0 bridgehead atoms. The number of likely N-dealkylation sites (N-methyl/N-ethyl adjacent to an activating group) is 1. The number of rotatable bonds is 9. The van der Waals surface area contributed by atoms with E-state index in [2.05, 4.69) is 5.32 Å². The molecule has 120 valence electrons. The Morgan fingerprint density at radius 1 is 1.33 bits per heavy atom. The lowest BCUT2D eigenvalue weighted by Gasteiger charge is -2.20. The van der Waals surface area contributed by atoms with Gasteiger partial charge in [0.25, 0.3) is 0 Å². The molecule has 0 atom stereocenters. The van der Waals surface area contributed by atoms with Crippen molar-refractivity contribution < 1.29 is 17.5 Å².